The van der Waals surface area contributed by atoms with Gasteiger partial charge in [0, 0.05) is 12.1 Å². The van der Waals surface area contributed by atoms with Gasteiger partial charge in [0.05, 0.1) is 11.0 Å². The minimum Gasteiger partial charge on any atom is -0.324 e. The van der Waals surface area contributed by atoms with E-state index in [-0.39, 0.29) is 12.5 Å². The van der Waals surface area contributed by atoms with Gasteiger partial charge < -0.3 is 9.88 Å². The summed E-state index contributed by atoms with van der Waals surface area (Å²) < 4.78 is 2.00. The van der Waals surface area contributed by atoms with Crippen LogP contribution in [0.15, 0.2) is 42.5 Å². The van der Waals surface area contributed by atoms with Crippen LogP contribution in [-0.4, -0.2) is 15.5 Å². The van der Waals surface area contributed by atoms with E-state index >= 15 is 0 Å². The lowest BCUT2D eigenvalue weighted by molar-refractivity contribution is -0.116. The normalized spacial score (nSPS) is 10.9. The number of hydrogen-bond donors (Lipinski definition) is 1. The van der Waals surface area contributed by atoms with Crippen LogP contribution in [-0.2, 0) is 17.8 Å². The van der Waals surface area contributed by atoms with E-state index < -0.39 is 0 Å². The maximum Gasteiger partial charge on any atom is 0.244 e. The fraction of sp³-hybridized carbons (Fsp3) is 0.263. The molecule has 0 atom stereocenters. The van der Waals surface area contributed by atoms with Crippen molar-refractivity contribution in [2.75, 3.05) is 5.32 Å². The molecule has 1 aromatic heterocycles. The van der Waals surface area contributed by atoms with Gasteiger partial charge in [0.2, 0.25) is 5.91 Å². The Morgan fingerprint density at radius 1 is 1.13 bits per heavy atom. The van der Waals surface area contributed by atoms with Crippen LogP contribution in [0.5, 0.6) is 0 Å². The number of para-hydroxylation sites is 2. The largest absolute Gasteiger partial charge is 0.324 e. The lowest BCUT2D eigenvalue weighted by Gasteiger charge is -2.12. The molecule has 1 N–H and O–H groups in total. The van der Waals surface area contributed by atoms with Gasteiger partial charge in [-0.15, -0.1) is 0 Å². The molecule has 2 aromatic carbocycles. The van der Waals surface area contributed by atoms with Gasteiger partial charge in [-0.3, -0.25) is 4.79 Å². The fourth-order valence-electron chi connectivity index (χ4n) is 2.79. The molecule has 0 bridgehead atoms. The molecule has 0 unspecified atom stereocenters. The highest BCUT2D eigenvalue weighted by molar-refractivity contribution is 5.92. The van der Waals surface area contributed by atoms with Crippen molar-refractivity contribution >= 4 is 22.6 Å². The molecule has 23 heavy (non-hydrogen) atoms. The molecule has 0 fully saturated rings. The molecule has 118 valence electrons. The van der Waals surface area contributed by atoms with Gasteiger partial charge in [-0.1, -0.05) is 31.2 Å². The van der Waals surface area contributed by atoms with Gasteiger partial charge >= 0.3 is 0 Å². The number of anilines is 1. The number of aryl methyl sites for hydroxylation is 2. The minimum atomic E-state index is -0.0310. The van der Waals surface area contributed by atoms with Crippen LogP contribution in [0.25, 0.3) is 11.0 Å². The topological polar surface area (TPSA) is 46.9 Å². The zero-order valence-electron chi connectivity index (χ0n) is 13.8. The monoisotopic (exact) mass is 307 g/mol. The second-order valence-electron chi connectivity index (χ2n) is 5.75. The van der Waals surface area contributed by atoms with Crippen molar-refractivity contribution in [1.29, 1.82) is 0 Å². The predicted molar refractivity (Wildman–Crippen MR) is 93.7 cm³/mol. The molecule has 0 saturated heterocycles. The average molecular weight is 307 g/mol. The van der Waals surface area contributed by atoms with E-state index in [9.17, 15) is 4.79 Å². The van der Waals surface area contributed by atoms with Crippen molar-refractivity contribution in [3.8, 4) is 0 Å². The first-order valence-corrected chi connectivity index (χ1v) is 7.90. The van der Waals surface area contributed by atoms with Crippen molar-refractivity contribution in [1.82, 2.24) is 9.55 Å². The molecule has 0 saturated carbocycles. The molecule has 3 aromatic rings. The van der Waals surface area contributed by atoms with Crippen LogP contribution in [0, 0.1) is 13.8 Å². The maximum absolute atomic E-state index is 12.5. The van der Waals surface area contributed by atoms with E-state index in [1.807, 2.05) is 60.9 Å². The standard InChI is InChI=1S/C19H21N3O/c1-4-18-20-16-9-5-6-11-17(16)22(18)12-19(23)21-15-10-7-8-13(2)14(15)3/h5-11H,4,12H2,1-3H3,(H,21,23). The fourth-order valence-corrected chi connectivity index (χ4v) is 2.79. The SMILES string of the molecule is CCc1nc2ccccc2n1CC(=O)Nc1cccc(C)c1C. The van der Waals surface area contributed by atoms with Crippen LogP contribution >= 0.6 is 0 Å². The Morgan fingerprint density at radius 2 is 1.91 bits per heavy atom. The lowest BCUT2D eigenvalue weighted by Crippen LogP contribution is -2.20. The Morgan fingerprint density at radius 3 is 2.70 bits per heavy atom. The number of amides is 1. The van der Waals surface area contributed by atoms with Crippen molar-refractivity contribution in [2.24, 2.45) is 0 Å². The summed E-state index contributed by atoms with van der Waals surface area (Å²) in [6, 6.07) is 13.9. The second-order valence-corrected chi connectivity index (χ2v) is 5.75. The molecule has 0 aliphatic carbocycles. The molecule has 0 aliphatic rings. The summed E-state index contributed by atoms with van der Waals surface area (Å²) in [6.45, 7) is 6.40. The van der Waals surface area contributed by atoms with Gasteiger partial charge in [0.25, 0.3) is 0 Å². The number of fused-ring (bicyclic) bond motifs is 1. The number of nitrogens with one attached hydrogen (secondary N) is 1. The van der Waals surface area contributed by atoms with E-state index in [0.29, 0.717) is 0 Å². The van der Waals surface area contributed by atoms with Crippen LogP contribution in [0.4, 0.5) is 5.69 Å². The average Bonchev–Trinajstić information content (AvgIpc) is 2.90. The number of rotatable bonds is 4. The maximum atomic E-state index is 12.5. The van der Waals surface area contributed by atoms with E-state index in [2.05, 4.69) is 17.2 Å². The summed E-state index contributed by atoms with van der Waals surface area (Å²) in [4.78, 5) is 17.1. The second kappa shape index (κ2) is 6.24. The first-order chi connectivity index (χ1) is 11.1. The first kappa shape index (κ1) is 15.3. The molecule has 0 radical (unpaired) electrons. The van der Waals surface area contributed by atoms with Crippen molar-refractivity contribution in [2.45, 2.75) is 33.7 Å². The summed E-state index contributed by atoms with van der Waals surface area (Å²) >= 11 is 0. The Hall–Kier alpha value is -2.62. The minimum absolute atomic E-state index is 0.0310. The molecule has 0 spiro atoms. The Kier molecular flexibility index (Phi) is 4.15. The van der Waals surface area contributed by atoms with Gasteiger partial charge in [-0.05, 0) is 43.2 Å². The summed E-state index contributed by atoms with van der Waals surface area (Å²) in [6.07, 6.45) is 0.797. The van der Waals surface area contributed by atoms with E-state index in [1.165, 1.54) is 5.56 Å². The third-order valence-electron chi connectivity index (χ3n) is 4.23. The third kappa shape index (κ3) is 2.97. The quantitative estimate of drug-likeness (QED) is 0.795. The number of carbonyl (C=O) groups excluding carboxylic acids is 1. The Bertz CT molecular complexity index is 864. The van der Waals surface area contributed by atoms with Gasteiger partial charge in [-0.25, -0.2) is 4.98 Å². The summed E-state index contributed by atoms with van der Waals surface area (Å²) in [5, 5.41) is 3.02. The summed E-state index contributed by atoms with van der Waals surface area (Å²) in [7, 11) is 0. The number of hydrogen-bond acceptors (Lipinski definition) is 2. The number of aromatic nitrogens is 2. The number of imidazole rings is 1. The third-order valence-corrected chi connectivity index (χ3v) is 4.23. The number of nitrogens with zero attached hydrogens (tertiary/aromatic N) is 2. The first-order valence-electron chi connectivity index (χ1n) is 7.90. The zero-order chi connectivity index (χ0) is 16.4. The molecule has 4 heteroatoms. The highest BCUT2D eigenvalue weighted by Gasteiger charge is 2.13. The number of benzene rings is 2. The smallest absolute Gasteiger partial charge is 0.244 e. The van der Waals surface area contributed by atoms with Gasteiger partial charge in [-0.2, -0.15) is 0 Å². The van der Waals surface area contributed by atoms with Gasteiger partial charge in [0.15, 0.2) is 0 Å². The molecule has 4 nitrogen and oxygen atoms in total. The van der Waals surface area contributed by atoms with Crippen LogP contribution < -0.4 is 5.32 Å². The van der Waals surface area contributed by atoms with Crippen LogP contribution in [0.2, 0.25) is 0 Å². The highest BCUT2D eigenvalue weighted by Crippen LogP contribution is 2.19. The Balaban J connectivity index is 1.87. The van der Waals surface area contributed by atoms with E-state index in [0.717, 1.165) is 34.5 Å². The molecule has 1 heterocycles. The van der Waals surface area contributed by atoms with E-state index in [4.69, 9.17) is 0 Å². The molecular formula is C19H21N3O. The summed E-state index contributed by atoms with van der Waals surface area (Å²) in [5.41, 5.74) is 5.08. The summed E-state index contributed by atoms with van der Waals surface area (Å²) in [5.74, 6) is 0.902. The van der Waals surface area contributed by atoms with Crippen molar-refractivity contribution < 1.29 is 4.79 Å². The molecule has 1 amide bonds. The van der Waals surface area contributed by atoms with Crippen LogP contribution in [0.1, 0.15) is 23.9 Å². The molecule has 3 rings (SSSR count). The van der Waals surface area contributed by atoms with Crippen molar-refractivity contribution in [3.63, 3.8) is 0 Å². The Labute approximate surface area is 136 Å². The van der Waals surface area contributed by atoms with Crippen LogP contribution in [0.3, 0.4) is 0 Å². The zero-order valence-corrected chi connectivity index (χ0v) is 13.8. The van der Waals surface area contributed by atoms with Gasteiger partial charge in [0.1, 0.15) is 12.4 Å². The predicted octanol–water partition coefficient (Wildman–Crippen LogP) is 3.85. The van der Waals surface area contributed by atoms with Crippen molar-refractivity contribution in [3.05, 3.63) is 59.4 Å². The highest BCUT2D eigenvalue weighted by atomic mass is 16.1. The number of carbonyl (C=O) groups is 1. The molecular weight excluding hydrogens is 286 g/mol. The van der Waals surface area contributed by atoms with E-state index in [1.54, 1.807) is 0 Å². The lowest BCUT2D eigenvalue weighted by atomic mass is 10.1. The molecule has 0 aliphatic heterocycles.